The number of ether oxygens (including phenoxy) is 2. The summed E-state index contributed by atoms with van der Waals surface area (Å²) in [4.78, 5) is 0. The van der Waals surface area contributed by atoms with Crippen molar-refractivity contribution in [1.82, 2.24) is 0 Å². The molecule has 0 spiro atoms. The molecule has 0 radical (unpaired) electrons. The Labute approximate surface area is 198 Å². The second-order valence-corrected chi connectivity index (χ2v) is 8.72. The minimum Gasteiger partial charge on any atom is -0.490 e. The van der Waals surface area contributed by atoms with Gasteiger partial charge in [-0.1, -0.05) is 54.6 Å². The average molecular weight is 490 g/mol. The van der Waals surface area contributed by atoms with Crippen molar-refractivity contribution in [2.75, 3.05) is 11.9 Å². The zero-order valence-electron chi connectivity index (χ0n) is 18.7. The molecule has 0 aliphatic carbocycles. The van der Waals surface area contributed by atoms with Crippen LogP contribution in [-0.2, 0) is 13.2 Å². The monoisotopic (exact) mass is 489 g/mol. The predicted molar refractivity (Wildman–Crippen MR) is 137 cm³/mol. The molecular weight excluding hydrogens is 462 g/mol. The number of halogens is 1. The summed E-state index contributed by atoms with van der Waals surface area (Å²) in [5, 5.41) is 5.97. The molecule has 0 heterocycles. The van der Waals surface area contributed by atoms with Crippen molar-refractivity contribution in [2.24, 2.45) is 0 Å². The second kappa shape index (κ2) is 10.1. The van der Waals surface area contributed by atoms with Gasteiger partial charge in [-0.2, -0.15) is 0 Å². The molecule has 0 aliphatic rings. The minimum atomic E-state index is 0.472. The van der Waals surface area contributed by atoms with Crippen LogP contribution in [0.25, 0.3) is 10.8 Å². The van der Waals surface area contributed by atoms with Crippen LogP contribution in [0.15, 0.2) is 77.3 Å². The van der Waals surface area contributed by atoms with E-state index in [1.807, 2.05) is 6.92 Å². The maximum atomic E-state index is 6.27. The lowest BCUT2D eigenvalue weighted by atomic mass is 10.1. The first-order chi connectivity index (χ1) is 15.6. The molecule has 3 nitrogen and oxygen atoms in total. The Kier molecular flexibility index (Phi) is 7.01. The Morgan fingerprint density at radius 1 is 0.875 bits per heavy atom. The molecule has 0 unspecified atom stereocenters. The van der Waals surface area contributed by atoms with Gasteiger partial charge in [0.25, 0.3) is 0 Å². The van der Waals surface area contributed by atoms with Gasteiger partial charge in [0.05, 0.1) is 11.1 Å². The largest absolute Gasteiger partial charge is 0.490 e. The normalized spacial score (nSPS) is 10.9. The van der Waals surface area contributed by atoms with Crippen molar-refractivity contribution in [3.05, 3.63) is 99.5 Å². The summed E-state index contributed by atoms with van der Waals surface area (Å²) >= 11 is 3.71. The third-order valence-corrected chi connectivity index (χ3v) is 6.30. The van der Waals surface area contributed by atoms with Gasteiger partial charge in [-0.3, -0.25) is 0 Å². The van der Waals surface area contributed by atoms with Crippen molar-refractivity contribution in [1.29, 1.82) is 0 Å². The summed E-state index contributed by atoms with van der Waals surface area (Å²) in [5.74, 6) is 1.48. The molecule has 1 N–H and O–H groups in total. The Morgan fingerprint density at radius 3 is 2.50 bits per heavy atom. The van der Waals surface area contributed by atoms with Gasteiger partial charge in [0, 0.05) is 12.2 Å². The van der Waals surface area contributed by atoms with Crippen molar-refractivity contribution in [3.63, 3.8) is 0 Å². The van der Waals surface area contributed by atoms with E-state index in [0.717, 1.165) is 32.8 Å². The van der Waals surface area contributed by atoms with Gasteiger partial charge in [0.1, 0.15) is 6.61 Å². The zero-order valence-corrected chi connectivity index (χ0v) is 20.3. The van der Waals surface area contributed by atoms with Crippen molar-refractivity contribution in [2.45, 2.75) is 33.9 Å². The molecular formula is C28H28BrNO2. The van der Waals surface area contributed by atoms with Gasteiger partial charge in [0.2, 0.25) is 0 Å². The van der Waals surface area contributed by atoms with Crippen molar-refractivity contribution in [3.8, 4) is 11.5 Å². The molecule has 0 atom stereocenters. The van der Waals surface area contributed by atoms with Crippen LogP contribution >= 0.6 is 15.9 Å². The third kappa shape index (κ3) is 4.91. The van der Waals surface area contributed by atoms with E-state index in [-0.39, 0.29) is 0 Å². The highest BCUT2D eigenvalue weighted by Gasteiger charge is 2.14. The van der Waals surface area contributed by atoms with Crippen LogP contribution in [0.3, 0.4) is 0 Å². The first kappa shape index (κ1) is 22.2. The van der Waals surface area contributed by atoms with Crippen molar-refractivity contribution >= 4 is 32.4 Å². The van der Waals surface area contributed by atoms with Gasteiger partial charge < -0.3 is 14.8 Å². The van der Waals surface area contributed by atoms with E-state index in [2.05, 4.69) is 108 Å². The standard InChI is InChI=1S/C28H28BrNO2/c1-4-31-27-16-21(17-30-26-14-7-9-19(2)20(26)3)15-25(29)28(27)32-18-23-12-8-11-22-10-5-6-13-24(22)23/h5-16,30H,4,17-18H2,1-3H3. The van der Waals surface area contributed by atoms with Crippen LogP contribution in [0.1, 0.15) is 29.2 Å². The van der Waals surface area contributed by atoms with Crippen LogP contribution in [-0.4, -0.2) is 6.61 Å². The Balaban J connectivity index is 1.55. The lowest BCUT2D eigenvalue weighted by Gasteiger charge is -2.17. The van der Waals surface area contributed by atoms with Gasteiger partial charge >= 0.3 is 0 Å². The SMILES string of the molecule is CCOc1cc(CNc2cccc(C)c2C)cc(Br)c1OCc1cccc2ccccc12. The number of nitrogens with one attached hydrogen (secondary N) is 1. The molecule has 4 aromatic carbocycles. The van der Waals surface area contributed by atoms with E-state index in [4.69, 9.17) is 9.47 Å². The highest BCUT2D eigenvalue weighted by Crippen LogP contribution is 2.38. The molecule has 0 bridgehead atoms. The molecule has 164 valence electrons. The number of fused-ring (bicyclic) bond motifs is 1. The lowest BCUT2D eigenvalue weighted by Crippen LogP contribution is -2.05. The van der Waals surface area contributed by atoms with E-state index in [0.29, 0.717) is 19.8 Å². The molecule has 32 heavy (non-hydrogen) atoms. The maximum absolute atomic E-state index is 6.27. The number of anilines is 1. The number of benzene rings is 4. The number of hydrogen-bond donors (Lipinski definition) is 1. The summed E-state index contributed by atoms with van der Waals surface area (Å²) in [5.41, 5.74) is 5.97. The lowest BCUT2D eigenvalue weighted by molar-refractivity contribution is 0.268. The minimum absolute atomic E-state index is 0.472. The Morgan fingerprint density at radius 2 is 1.66 bits per heavy atom. The first-order valence-electron chi connectivity index (χ1n) is 10.9. The number of hydrogen-bond acceptors (Lipinski definition) is 3. The van der Waals surface area contributed by atoms with E-state index < -0.39 is 0 Å². The van der Waals surface area contributed by atoms with E-state index in [1.165, 1.54) is 21.9 Å². The van der Waals surface area contributed by atoms with Crippen molar-refractivity contribution < 1.29 is 9.47 Å². The molecule has 0 saturated heterocycles. The van der Waals surface area contributed by atoms with Gasteiger partial charge in [-0.05, 0) is 87.9 Å². The topological polar surface area (TPSA) is 30.5 Å². The molecule has 0 aromatic heterocycles. The molecule has 4 aromatic rings. The maximum Gasteiger partial charge on any atom is 0.175 e. The first-order valence-corrected chi connectivity index (χ1v) is 11.7. The highest BCUT2D eigenvalue weighted by atomic mass is 79.9. The molecule has 0 fully saturated rings. The number of aryl methyl sites for hydroxylation is 1. The Hall–Kier alpha value is -2.98. The van der Waals surface area contributed by atoms with Crippen LogP contribution in [0, 0.1) is 13.8 Å². The van der Waals surface area contributed by atoms with Crippen LogP contribution in [0.5, 0.6) is 11.5 Å². The van der Waals surface area contributed by atoms with Crippen LogP contribution in [0.2, 0.25) is 0 Å². The summed E-state index contributed by atoms with van der Waals surface area (Å²) < 4.78 is 13.1. The summed E-state index contributed by atoms with van der Waals surface area (Å²) in [7, 11) is 0. The molecule has 0 amide bonds. The van der Waals surface area contributed by atoms with E-state index in [9.17, 15) is 0 Å². The smallest absolute Gasteiger partial charge is 0.175 e. The molecule has 0 aliphatic heterocycles. The molecule has 0 saturated carbocycles. The van der Waals surface area contributed by atoms with Gasteiger partial charge in [-0.25, -0.2) is 0 Å². The summed E-state index contributed by atoms with van der Waals surface area (Å²) in [6, 6.07) is 25.2. The predicted octanol–water partition coefficient (Wildman–Crippen LogP) is 7.81. The summed E-state index contributed by atoms with van der Waals surface area (Å²) in [6.45, 7) is 8.01. The van der Waals surface area contributed by atoms with Gasteiger partial charge in [-0.15, -0.1) is 0 Å². The van der Waals surface area contributed by atoms with E-state index >= 15 is 0 Å². The van der Waals surface area contributed by atoms with Crippen LogP contribution in [0.4, 0.5) is 5.69 Å². The highest BCUT2D eigenvalue weighted by molar-refractivity contribution is 9.10. The third-order valence-electron chi connectivity index (χ3n) is 5.71. The summed E-state index contributed by atoms with van der Waals surface area (Å²) in [6.07, 6.45) is 0. The fraction of sp³-hybridized carbons (Fsp3) is 0.214. The fourth-order valence-corrected chi connectivity index (χ4v) is 4.44. The molecule has 4 heteroatoms. The average Bonchev–Trinajstić information content (AvgIpc) is 2.80. The fourth-order valence-electron chi connectivity index (χ4n) is 3.83. The second-order valence-electron chi connectivity index (χ2n) is 7.87. The molecule has 4 rings (SSSR count). The van der Waals surface area contributed by atoms with E-state index in [1.54, 1.807) is 0 Å². The van der Waals surface area contributed by atoms with Gasteiger partial charge in [0.15, 0.2) is 11.5 Å². The Bertz CT molecular complexity index is 1230. The van der Waals surface area contributed by atoms with Crippen LogP contribution < -0.4 is 14.8 Å². The zero-order chi connectivity index (χ0) is 22.5. The quantitative estimate of drug-likeness (QED) is 0.273. The number of rotatable bonds is 8.